The number of aromatic amines is 1. The molecule has 40 heavy (non-hydrogen) atoms. The van der Waals surface area contributed by atoms with Crippen LogP contribution in [0.1, 0.15) is 26.7 Å². The fourth-order valence-corrected chi connectivity index (χ4v) is 4.86. The van der Waals surface area contributed by atoms with Crippen molar-refractivity contribution in [3.8, 4) is 22.4 Å². The molecule has 2 N–H and O–H groups in total. The molecular formula is C27H24ClF2N7O3. The van der Waals surface area contributed by atoms with Gasteiger partial charge in [-0.2, -0.15) is 5.10 Å². The number of carbonyl (C=O) groups excluding carboxylic acids is 3. The van der Waals surface area contributed by atoms with Crippen LogP contribution in [-0.4, -0.2) is 74.0 Å². The molecular weight excluding hydrogens is 544 g/mol. The Hall–Kier alpha value is -4.58. The van der Waals surface area contributed by atoms with E-state index in [1.165, 1.54) is 54.3 Å². The number of aromatic nitrogens is 4. The number of piperazine rings is 1. The molecule has 2 aromatic heterocycles. The molecule has 206 valence electrons. The molecule has 0 atom stereocenters. The van der Waals surface area contributed by atoms with Crippen molar-refractivity contribution in [3.63, 3.8) is 0 Å². The van der Waals surface area contributed by atoms with E-state index in [0.717, 1.165) is 6.41 Å². The highest BCUT2D eigenvalue weighted by Gasteiger charge is 2.25. The van der Waals surface area contributed by atoms with Crippen molar-refractivity contribution >= 4 is 35.5 Å². The summed E-state index contributed by atoms with van der Waals surface area (Å²) in [6, 6.07) is 7.37. The van der Waals surface area contributed by atoms with Crippen molar-refractivity contribution in [2.24, 2.45) is 7.05 Å². The van der Waals surface area contributed by atoms with E-state index in [4.69, 9.17) is 11.6 Å². The first kappa shape index (κ1) is 27.0. The molecule has 0 spiro atoms. The Balaban J connectivity index is 1.32. The highest BCUT2D eigenvalue weighted by atomic mass is 35.5. The largest absolute Gasteiger partial charge is 0.342 e. The Bertz CT molecular complexity index is 1630. The van der Waals surface area contributed by atoms with Gasteiger partial charge in [-0.05, 0) is 31.2 Å². The molecule has 13 heteroatoms. The molecule has 2 aromatic carbocycles. The molecule has 0 bridgehead atoms. The van der Waals surface area contributed by atoms with Gasteiger partial charge in [0.1, 0.15) is 0 Å². The van der Waals surface area contributed by atoms with Crippen LogP contribution in [0.3, 0.4) is 0 Å². The van der Waals surface area contributed by atoms with E-state index in [9.17, 15) is 18.8 Å². The van der Waals surface area contributed by atoms with E-state index >= 15 is 4.39 Å². The molecule has 5 rings (SSSR count). The zero-order chi connectivity index (χ0) is 28.6. The third-order valence-electron chi connectivity index (χ3n) is 6.88. The van der Waals surface area contributed by atoms with Crippen LogP contribution in [0.5, 0.6) is 0 Å². The third-order valence-corrected chi connectivity index (χ3v) is 7.19. The van der Waals surface area contributed by atoms with Crippen LogP contribution >= 0.6 is 11.6 Å². The number of anilines is 1. The van der Waals surface area contributed by atoms with Crippen molar-refractivity contribution < 1.29 is 23.2 Å². The van der Waals surface area contributed by atoms with Gasteiger partial charge in [0, 0.05) is 61.3 Å². The van der Waals surface area contributed by atoms with E-state index in [0.29, 0.717) is 43.1 Å². The Morgan fingerprint density at radius 1 is 1.02 bits per heavy atom. The predicted octanol–water partition coefficient (Wildman–Crippen LogP) is 3.88. The van der Waals surface area contributed by atoms with Crippen molar-refractivity contribution in [1.82, 2.24) is 29.5 Å². The van der Waals surface area contributed by atoms with Crippen LogP contribution in [0.25, 0.3) is 22.4 Å². The number of halogens is 3. The summed E-state index contributed by atoms with van der Waals surface area (Å²) in [6.45, 7) is 3.37. The molecule has 10 nitrogen and oxygen atoms in total. The predicted molar refractivity (Wildman–Crippen MR) is 144 cm³/mol. The number of hydrogen-bond donors (Lipinski definition) is 2. The highest BCUT2D eigenvalue weighted by Crippen LogP contribution is 2.32. The summed E-state index contributed by atoms with van der Waals surface area (Å²) in [5.41, 5.74) is 1.83. The van der Waals surface area contributed by atoms with Gasteiger partial charge >= 0.3 is 0 Å². The second kappa shape index (κ2) is 10.9. The first-order chi connectivity index (χ1) is 19.2. The summed E-state index contributed by atoms with van der Waals surface area (Å²) < 4.78 is 31.4. The van der Waals surface area contributed by atoms with Gasteiger partial charge in [0.05, 0.1) is 28.7 Å². The summed E-state index contributed by atoms with van der Waals surface area (Å²) in [4.78, 5) is 44.1. The van der Waals surface area contributed by atoms with Gasteiger partial charge in [-0.15, -0.1) is 0 Å². The van der Waals surface area contributed by atoms with Crippen LogP contribution in [-0.2, 0) is 11.8 Å². The van der Waals surface area contributed by atoms with Gasteiger partial charge in [0.15, 0.2) is 17.5 Å². The second-order valence-electron chi connectivity index (χ2n) is 9.31. The first-order valence-electron chi connectivity index (χ1n) is 12.3. The molecule has 0 unspecified atom stereocenters. The molecule has 3 amide bonds. The summed E-state index contributed by atoms with van der Waals surface area (Å²) >= 11 is 6.37. The van der Waals surface area contributed by atoms with Gasteiger partial charge < -0.3 is 19.7 Å². The molecule has 0 aliphatic carbocycles. The van der Waals surface area contributed by atoms with Crippen molar-refractivity contribution in [1.29, 1.82) is 0 Å². The van der Waals surface area contributed by atoms with Crippen molar-refractivity contribution in [2.45, 2.75) is 6.92 Å². The smallest absolute Gasteiger partial charge is 0.291 e. The number of carbonyl (C=O) groups is 3. The van der Waals surface area contributed by atoms with E-state index < -0.39 is 17.5 Å². The maximum absolute atomic E-state index is 15.1. The summed E-state index contributed by atoms with van der Waals surface area (Å²) in [7, 11) is 1.52. The fraction of sp³-hybridized carbons (Fsp3) is 0.222. The molecule has 0 saturated carbocycles. The number of H-pyrrole nitrogens is 1. The standard InChI is InChI=1S/C27H24ClF2N7O3/c1-15-20(12-32-34-15)17-5-6-19(24(30)23(17)29)22-13-31-25(35(22)2)26(39)33-16-3-4-18(21(28)11-16)27(40)37-9-7-36(14-38)8-10-37/h3-6,11-14H,7-10H2,1-2H3,(H,32,34)(H,33,39). The zero-order valence-electron chi connectivity index (χ0n) is 21.5. The lowest BCUT2D eigenvalue weighted by atomic mass is 10.0. The van der Waals surface area contributed by atoms with Crippen LogP contribution in [0.4, 0.5) is 14.5 Å². The number of rotatable bonds is 6. The average Bonchev–Trinajstić information content (AvgIpc) is 3.55. The Labute approximate surface area is 232 Å². The molecule has 1 fully saturated rings. The monoisotopic (exact) mass is 567 g/mol. The maximum Gasteiger partial charge on any atom is 0.291 e. The number of imidazole rings is 1. The summed E-state index contributed by atoms with van der Waals surface area (Å²) in [5.74, 6) is -3.04. The zero-order valence-corrected chi connectivity index (χ0v) is 22.3. The molecule has 3 heterocycles. The maximum atomic E-state index is 15.1. The van der Waals surface area contributed by atoms with E-state index in [1.54, 1.807) is 16.7 Å². The van der Waals surface area contributed by atoms with Crippen LogP contribution in [0, 0.1) is 18.6 Å². The lowest BCUT2D eigenvalue weighted by molar-refractivity contribution is -0.119. The van der Waals surface area contributed by atoms with Gasteiger partial charge in [0.2, 0.25) is 6.41 Å². The Morgan fingerprint density at radius 3 is 2.38 bits per heavy atom. The van der Waals surface area contributed by atoms with Crippen molar-refractivity contribution in [3.05, 3.63) is 76.5 Å². The topological polar surface area (TPSA) is 116 Å². The minimum atomic E-state index is -1.08. The molecule has 4 aromatic rings. The van der Waals surface area contributed by atoms with Crippen LogP contribution in [0.2, 0.25) is 5.02 Å². The SMILES string of the molecule is Cc1[nH]ncc1-c1ccc(-c2cnc(C(=O)Nc3ccc(C(=O)N4CCN(C=O)CC4)c(Cl)c3)n2C)c(F)c1F. The molecule has 1 aliphatic rings. The fourth-order valence-electron chi connectivity index (χ4n) is 4.60. The minimum absolute atomic E-state index is 0.0473. The van der Waals surface area contributed by atoms with E-state index in [-0.39, 0.29) is 39.1 Å². The second-order valence-corrected chi connectivity index (χ2v) is 9.71. The number of hydrogen-bond acceptors (Lipinski definition) is 5. The Morgan fingerprint density at radius 2 is 1.73 bits per heavy atom. The number of aryl methyl sites for hydroxylation is 1. The molecule has 0 radical (unpaired) electrons. The lowest BCUT2D eigenvalue weighted by Crippen LogP contribution is -2.48. The third kappa shape index (κ3) is 4.93. The lowest BCUT2D eigenvalue weighted by Gasteiger charge is -2.32. The number of nitrogens with zero attached hydrogens (tertiary/aromatic N) is 5. The summed E-state index contributed by atoms with van der Waals surface area (Å²) in [5, 5.41) is 9.37. The van der Waals surface area contributed by atoms with E-state index in [1.807, 2.05) is 0 Å². The minimum Gasteiger partial charge on any atom is -0.342 e. The highest BCUT2D eigenvalue weighted by molar-refractivity contribution is 6.34. The quantitative estimate of drug-likeness (QED) is 0.343. The number of amides is 3. The Kier molecular flexibility index (Phi) is 7.35. The normalized spacial score (nSPS) is 13.4. The first-order valence-corrected chi connectivity index (χ1v) is 12.7. The number of nitrogens with one attached hydrogen (secondary N) is 2. The molecule has 1 saturated heterocycles. The average molecular weight is 568 g/mol. The van der Waals surface area contributed by atoms with Gasteiger partial charge in [0.25, 0.3) is 11.8 Å². The summed E-state index contributed by atoms with van der Waals surface area (Å²) in [6.07, 6.45) is 3.46. The van der Waals surface area contributed by atoms with Crippen LogP contribution < -0.4 is 5.32 Å². The van der Waals surface area contributed by atoms with Gasteiger partial charge in [-0.3, -0.25) is 19.5 Å². The molecule has 1 aliphatic heterocycles. The van der Waals surface area contributed by atoms with Crippen LogP contribution in [0.15, 0.2) is 42.7 Å². The van der Waals surface area contributed by atoms with Gasteiger partial charge in [-0.25, -0.2) is 13.8 Å². The van der Waals surface area contributed by atoms with E-state index in [2.05, 4.69) is 20.5 Å². The van der Waals surface area contributed by atoms with Crippen molar-refractivity contribution in [2.75, 3.05) is 31.5 Å². The number of benzene rings is 2. The van der Waals surface area contributed by atoms with Gasteiger partial charge in [-0.1, -0.05) is 17.7 Å².